The predicted octanol–water partition coefficient (Wildman–Crippen LogP) is 4.85. The van der Waals surface area contributed by atoms with Crippen molar-refractivity contribution >= 4 is 16.8 Å². The third-order valence-corrected chi connectivity index (χ3v) is 4.25. The van der Waals surface area contributed by atoms with Crippen molar-refractivity contribution in [1.29, 1.82) is 0 Å². The zero-order chi connectivity index (χ0) is 20.1. The van der Waals surface area contributed by atoms with Crippen LogP contribution in [0.25, 0.3) is 22.3 Å². The van der Waals surface area contributed by atoms with E-state index in [-0.39, 0.29) is 17.0 Å². The van der Waals surface area contributed by atoms with Gasteiger partial charge < -0.3 is 4.52 Å². The molecular formula is C19H11F4N3O2. The summed E-state index contributed by atoms with van der Waals surface area (Å²) in [5, 5.41) is 4.04. The van der Waals surface area contributed by atoms with Crippen LogP contribution < -0.4 is 0 Å². The first-order chi connectivity index (χ1) is 13.3. The third-order valence-electron chi connectivity index (χ3n) is 4.25. The van der Waals surface area contributed by atoms with E-state index in [1.807, 2.05) is 0 Å². The number of hydrogen-bond acceptors (Lipinski definition) is 4. The van der Waals surface area contributed by atoms with Gasteiger partial charge >= 0.3 is 12.1 Å². The average Bonchev–Trinajstić information content (AvgIpc) is 3.27. The molecule has 2 heterocycles. The molecule has 4 aromatic rings. The standard InChI is InChI=1S/C19H11F4N3O2/c1-10-9-26(17(27)13-4-2-3-5-14(13)20)15-8-11(6-7-12(10)15)16-24-18(28-25-16)19(21,22)23/h2-9H,1H3. The zero-order valence-corrected chi connectivity index (χ0v) is 14.3. The van der Waals surface area contributed by atoms with Gasteiger partial charge in [0.2, 0.25) is 5.82 Å². The van der Waals surface area contributed by atoms with Crippen molar-refractivity contribution in [3.8, 4) is 11.4 Å². The number of halogens is 4. The monoisotopic (exact) mass is 389 g/mol. The number of aromatic nitrogens is 3. The SMILES string of the molecule is Cc1cn(C(=O)c2ccccc2F)c2cc(-c3noc(C(F)(F)F)n3)ccc12. The van der Waals surface area contributed by atoms with Crippen molar-refractivity contribution in [2.24, 2.45) is 0 Å². The Labute approximate surface area is 155 Å². The van der Waals surface area contributed by atoms with Crippen molar-refractivity contribution in [1.82, 2.24) is 14.7 Å². The number of nitrogens with zero attached hydrogens (tertiary/aromatic N) is 3. The molecule has 28 heavy (non-hydrogen) atoms. The number of carbonyl (C=O) groups is 1. The second kappa shape index (κ2) is 6.29. The Kier molecular flexibility index (Phi) is 4.02. The lowest BCUT2D eigenvalue weighted by molar-refractivity contribution is -0.159. The Bertz CT molecular complexity index is 1210. The normalized spacial score (nSPS) is 11.9. The molecule has 0 amide bonds. The summed E-state index contributed by atoms with van der Waals surface area (Å²) < 4.78 is 57.6. The van der Waals surface area contributed by atoms with Gasteiger partial charge in [0.15, 0.2) is 0 Å². The molecule has 0 fully saturated rings. The van der Waals surface area contributed by atoms with E-state index >= 15 is 0 Å². The molecule has 0 aliphatic heterocycles. The van der Waals surface area contributed by atoms with Gasteiger partial charge in [-0.25, -0.2) is 4.39 Å². The summed E-state index contributed by atoms with van der Waals surface area (Å²) in [6.45, 7) is 1.77. The largest absolute Gasteiger partial charge is 0.471 e. The van der Waals surface area contributed by atoms with E-state index in [1.165, 1.54) is 41.0 Å². The van der Waals surface area contributed by atoms with Crippen molar-refractivity contribution in [2.75, 3.05) is 0 Å². The smallest absolute Gasteiger partial charge is 0.329 e. The topological polar surface area (TPSA) is 60.9 Å². The summed E-state index contributed by atoms with van der Waals surface area (Å²) in [6, 6.07) is 10.2. The first kappa shape index (κ1) is 17.9. The summed E-state index contributed by atoms with van der Waals surface area (Å²) >= 11 is 0. The van der Waals surface area contributed by atoms with Crippen LogP contribution in [0.4, 0.5) is 17.6 Å². The molecule has 0 bridgehead atoms. The molecule has 0 saturated carbocycles. The number of alkyl halides is 3. The lowest BCUT2D eigenvalue weighted by atomic mass is 10.1. The van der Waals surface area contributed by atoms with Crippen LogP contribution in [-0.2, 0) is 6.18 Å². The molecule has 4 rings (SSSR count). The Balaban J connectivity index is 1.84. The van der Waals surface area contributed by atoms with Crippen LogP contribution in [0.5, 0.6) is 0 Å². The molecule has 0 unspecified atom stereocenters. The summed E-state index contributed by atoms with van der Waals surface area (Å²) in [7, 11) is 0. The molecule has 0 aliphatic rings. The van der Waals surface area contributed by atoms with Gasteiger partial charge in [-0.2, -0.15) is 18.2 Å². The minimum Gasteiger partial charge on any atom is -0.329 e. The van der Waals surface area contributed by atoms with Crippen LogP contribution in [0.1, 0.15) is 21.8 Å². The fourth-order valence-corrected chi connectivity index (χ4v) is 2.92. The van der Waals surface area contributed by atoms with E-state index in [0.29, 0.717) is 10.9 Å². The number of benzene rings is 2. The number of aryl methyl sites for hydroxylation is 1. The zero-order valence-electron chi connectivity index (χ0n) is 14.3. The molecule has 0 saturated heterocycles. The van der Waals surface area contributed by atoms with Crippen molar-refractivity contribution in [3.63, 3.8) is 0 Å². The van der Waals surface area contributed by atoms with Gasteiger partial charge in [0.25, 0.3) is 5.91 Å². The second-order valence-electron chi connectivity index (χ2n) is 6.12. The van der Waals surface area contributed by atoms with Crippen LogP contribution >= 0.6 is 0 Å². The highest BCUT2D eigenvalue weighted by Crippen LogP contribution is 2.31. The fraction of sp³-hybridized carbons (Fsp3) is 0.105. The van der Waals surface area contributed by atoms with E-state index < -0.39 is 23.8 Å². The molecule has 9 heteroatoms. The number of fused-ring (bicyclic) bond motifs is 1. The summed E-state index contributed by atoms with van der Waals surface area (Å²) in [5.74, 6) is -3.00. The molecule has 0 radical (unpaired) electrons. The minimum atomic E-state index is -4.76. The number of carbonyl (C=O) groups excluding carboxylic acids is 1. The maximum absolute atomic E-state index is 14.0. The van der Waals surface area contributed by atoms with Gasteiger partial charge in [-0.1, -0.05) is 29.4 Å². The molecule has 0 aliphatic carbocycles. The molecule has 0 spiro atoms. The van der Waals surface area contributed by atoms with E-state index in [4.69, 9.17) is 0 Å². The van der Waals surface area contributed by atoms with Crippen LogP contribution in [0.15, 0.2) is 53.2 Å². The molecule has 5 nitrogen and oxygen atoms in total. The Morgan fingerprint density at radius 2 is 1.89 bits per heavy atom. The average molecular weight is 389 g/mol. The van der Waals surface area contributed by atoms with Crippen LogP contribution in [-0.4, -0.2) is 20.6 Å². The fourth-order valence-electron chi connectivity index (χ4n) is 2.92. The van der Waals surface area contributed by atoms with E-state index in [2.05, 4.69) is 14.7 Å². The summed E-state index contributed by atoms with van der Waals surface area (Å²) in [6.07, 6.45) is -3.21. The molecule has 0 N–H and O–H groups in total. The Morgan fingerprint density at radius 3 is 2.57 bits per heavy atom. The van der Waals surface area contributed by atoms with Gasteiger partial charge in [0.1, 0.15) is 5.82 Å². The first-order valence-corrected chi connectivity index (χ1v) is 8.08. The highest BCUT2D eigenvalue weighted by molar-refractivity contribution is 6.03. The molecular weight excluding hydrogens is 378 g/mol. The van der Waals surface area contributed by atoms with E-state index in [0.717, 1.165) is 5.56 Å². The maximum atomic E-state index is 14.0. The predicted molar refractivity (Wildman–Crippen MR) is 91.1 cm³/mol. The van der Waals surface area contributed by atoms with Crippen LogP contribution in [0.3, 0.4) is 0 Å². The lowest BCUT2D eigenvalue weighted by Crippen LogP contribution is -2.12. The van der Waals surface area contributed by atoms with Gasteiger partial charge in [-0.05, 0) is 30.7 Å². The maximum Gasteiger partial charge on any atom is 0.471 e. The van der Waals surface area contributed by atoms with Gasteiger partial charge in [-0.15, -0.1) is 0 Å². The van der Waals surface area contributed by atoms with Crippen LogP contribution in [0.2, 0.25) is 0 Å². The lowest BCUT2D eigenvalue weighted by Gasteiger charge is -2.06. The van der Waals surface area contributed by atoms with Crippen molar-refractivity contribution in [2.45, 2.75) is 13.1 Å². The minimum absolute atomic E-state index is 0.122. The van der Waals surface area contributed by atoms with E-state index in [9.17, 15) is 22.4 Å². The van der Waals surface area contributed by atoms with Crippen molar-refractivity contribution < 1.29 is 26.9 Å². The molecule has 0 atom stereocenters. The first-order valence-electron chi connectivity index (χ1n) is 8.08. The van der Waals surface area contributed by atoms with Crippen molar-refractivity contribution in [3.05, 3.63) is 71.5 Å². The van der Waals surface area contributed by atoms with Gasteiger partial charge in [0, 0.05) is 17.1 Å². The van der Waals surface area contributed by atoms with E-state index in [1.54, 1.807) is 19.2 Å². The summed E-state index contributed by atoms with van der Waals surface area (Å²) in [5.41, 5.74) is 1.24. The quantitative estimate of drug-likeness (QED) is 0.460. The van der Waals surface area contributed by atoms with Crippen LogP contribution in [0, 0.1) is 12.7 Å². The molecule has 2 aromatic carbocycles. The van der Waals surface area contributed by atoms with Gasteiger partial charge in [-0.3, -0.25) is 9.36 Å². The number of hydrogen-bond donors (Lipinski definition) is 0. The van der Waals surface area contributed by atoms with Gasteiger partial charge in [0.05, 0.1) is 11.1 Å². The highest BCUT2D eigenvalue weighted by atomic mass is 19.4. The Hall–Kier alpha value is -3.49. The number of rotatable bonds is 2. The molecule has 142 valence electrons. The third kappa shape index (κ3) is 2.94. The highest BCUT2D eigenvalue weighted by Gasteiger charge is 2.38. The Morgan fingerprint density at radius 1 is 1.14 bits per heavy atom. The summed E-state index contributed by atoms with van der Waals surface area (Å²) in [4.78, 5) is 16.2. The second-order valence-corrected chi connectivity index (χ2v) is 6.12. The molecule has 2 aromatic heterocycles.